The second-order valence-corrected chi connectivity index (χ2v) is 7.41. The third-order valence-corrected chi connectivity index (χ3v) is 4.88. The second kappa shape index (κ2) is 10.5. The number of anilines is 3. The fraction of sp³-hybridized carbons (Fsp3) is 0.304. The van der Waals surface area contributed by atoms with Gasteiger partial charge in [-0.1, -0.05) is 13.8 Å². The van der Waals surface area contributed by atoms with E-state index in [1.165, 1.54) is 7.11 Å². The van der Waals surface area contributed by atoms with Gasteiger partial charge in [0.15, 0.2) is 0 Å². The number of ether oxygens (including phenoxy) is 2. The van der Waals surface area contributed by atoms with E-state index in [-0.39, 0.29) is 18.6 Å². The number of nitrogens with zero attached hydrogens (tertiary/aromatic N) is 3. The number of aliphatic hydroxyl groups is 1. The van der Waals surface area contributed by atoms with Crippen LogP contribution in [-0.4, -0.2) is 52.9 Å². The molecule has 1 aromatic carbocycles. The Morgan fingerprint density at radius 1 is 1.16 bits per heavy atom. The third-order valence-electron chi connectivity index (χ3n) is 4.88. The summed E-state index contributed by atoms with van der Waals surface area (Å²) < 4.78 is 10.2. The number of carbonyl (C=O) groups is 1. The molecule has 3 rings (SSSR count). The molecule has 2 aromatic heterocycles. The molecule has 0 bridgehead atoms. The highest BCUT2D eigenvalue weighted by Crippen LogP contribution is 2.30. The van der Waals surface area contributed by atoms with Crippen LogP contribution in [0.5, 0.6) is 5.75 Å². The van der Waals surface area contributed by atoms with Crippen LogP contribution in [0, 0.1) is 5.92 Å². The van der Waals surface area contributed by atoms with Gasteiger partial charge in [-0.05, 0) is 36.2 Å². The minimum Gasteiger partial charge on any atom is -0.495 e. The highest BCUT2D eigenvalue weighted by molar-refractivity contribution is 5.91. The fourth-order valence-electron chi connectivity index (χ4n) is 3.02. The number of aliphatic hydroxyl groups excluding tert-OH is 1. The van der Waals surface area contributed by atoms with Gasteiger partial charge in [0.05, 0.1) is 43.8 Å². The van der Waals surface area contributed by atoms with Crippen LogP contribution in [0.3, 0.4) is 0 Å². The molecule has 2 heterocycles. The Morgan fingerprint density at radius 3 is 2.59 bits per heavy atom. The van der Waals surface area contributed by atoms with Gasteiger partial charge in [0.2, 0.25) is 5.95 Å². The predicted octanol–water partition coefficient (Wildman–Crippen LogP) is 3.51. The van der Waals surface area contributed by atoms with Crippen molar-refractivity contribution >= 4 is 23.4 Å². The van der Waals surface area contributed by atoms with Gasteiger partial charge in [-0.25, -0.2) is 9.78 Å². The van der Waals surface area contributed by atoms with E-state index >= 15 is 0 Å². The van der Waals surface area contributed by atoms with Crippen LogP contribution >= 0.6 is 0 Å². The van der Waals surface area contributed by atoms with Crippen LogP contribution in [0.15, 0.2) is 48.8 Å². The van der Waals surface area contributed by atoms with E-state index in [4.69, 9.17) is 9.47 Å². The molecule has 0 aliphatic rings. The monoisotopic (exact) mass is 437 g/mol. The maximum atomic E-state index is 12.0. The lowest BCUT2D eigenvalue weighted by Crippen LogP contribution is -2.30. The molecule has 3 N–H and O–H groups in total. The standard InChI is InChI=1S/C23H27N5O4/c1-14(2)19(13-29)27-23-26-17(16-6-5-9-24-12-16)11-21(28-23)25-18-10-15(22(30)32-4)7-8-20(18)31-3/h5-12,14,19,29H,13H2,1-4H3,(H2,25,26,27,28)/t19-/m1/s1. The Morgan fingerprint density at radius 2 is 1.97 bits per heavy atom. The van der Waals surface area contributed by atoms with Crippen LogP contribution in [0.4, 0.5) is 17.5 Å². The van der Waals surface area contributed by atoms with E-state index < -0.39 is 5.97 Å². The molecular weight excluding hydrogens is 410 g/mol. The molecule has 1 atom stereocenters. The summed E-state index contributed by atoms with van der Waals surface area (Å²) >= 11 is 0. The minimum absolute atomic E-state index is 0.0596. The summed E-state index contributed by atoms with van der Waals surface area (Å²) in [4.78, 5) is 25.3. The average molecular weight is 438 g/mol. The van der Waals surface area contributed by atoms with Crippen molar-refractivity contribution in [3.63, 3.8) is 0 Å². The summed E-state index contributed by atoms with van der Waals surface area (Å²) in [5.74, 6) is 1.06. The van der Waals surface area contributed by atoms with Crippen molar-refractivity contribution in [2.45, 2.75) is 19.9 Å². The minimum atomic E-state index is -0.459. The van der Waals surface area contributed by atoms with Crippen LogP contribution in [0.2, 0.25) is 0 Å². The summed E-state index contributed by atoms with van der Waals surface area (Å²) in [5, 5.41) is 16.1. The zero-order valence-corrected chi connectivity index (χ0v) is 18.5. The lowest BCUT2D eigenvalue weighted by atomic mass is 10.1. The van der Waals surface area contributed by atoms with Gasteiger partial charge >= 0.3 is 5.97 Å². The number of hydrogen-bond donors (Lipinski definition) is 3. The van der Waals surface area contributed by atoms with E-state index in [2.05, 4.69) is 25.6 Å². The van der Waals surface area contributed by atoms with Gasteiger partial charge in [0, 0.05) is 24.0 Å². The first-order chi connectivity index (χ1) is 15.4. The van der Waals surface area contributed by atoms with Crippen LogP contribution in [0.25, 0.3) is 11.3 Å². The maximum Gasteiger partial charge on any atom is 0.337 e. The molecule has 0 unspecified atom stereocenters. The molecule has 0 saturated heterocycles. The first kappa shape index (κ1) is 23.0. The number of esters is 1. The van der Waals surface area contributed by atoms with Gasteiger partial charge in [-0.3, -0.25) is 4.98 Å². The highest BCUT2D eigenvalue weighted by Gasteiger charge is 2.16. The van der Waals surface area contributed by atoms with Crippen molar-refractivity contribution in [3.05, 3.63) is 54.4 Å². The number of benzene rings is 1. The van der Waals surface area contributed by atoms with Crippen LogP contribution in [0.1, 0.15) is 24.2 Å². The molecule has 0 fully saturated rings. The number of carbonyl (C=O) groups excluding carboxylic acids is 1. The van der Waals surface area contributed by atoms with Gasteiger partial charge in [0.1, 0.15) is 11.6 Å². The number of nitrogens with one attached hydrogen (secondary N) is 2. The Kier molecular flexibility index (Phi) is 7.56. The van der Waals surface area contributed by atoms with Gasteiger partial charge in [0.25, 0.3) is 0 Å². The molecular formula is C23H27N5O4. The first-order valence-electron chi connectivity index (χ1n) is 10.2. The van der Waals surface area contributed by atoms with Gasteiger partial charge in [-0.2, -0.15) is 4.98 Å². The predicted molar refractivity (Wildman–Crippen MR) is 122 cm³/mol. The van der Waals surface area contributed by atoms with Crippen molar-refractivity contribution in [3.8, 4) is 17.0 Å². The Balaban J connectivity index is 2.03. The van der Waals surface area contributed by atoms with Gasteiger partial charge in [-0.15, -0.1) is 0 Å². The molecule has 0 aliphatic carbocycles. The van der Waals surface area contributed by atoms with Crippen LogP contribution in [-0.2, 0) is 4.74 Å². The van der Waals surface area contributed by atoms with Crippen molar-refractivity contribution in [1.29, 1.82) is 0 Å². The van der Waals surface area contributed by atoms with Crippen molar-refractivity contribution < 1.29 is 19.4 Å². The fourth-order valence-corrected chi connectivity index (χ4v) is 3.02. The van der Waals surface area contributed by atoms with Crippen LogP contribution < -0.4 is 15.4 Å². The third kappa shape index (κ3) is 5.50. The number of pyridine rings is 1. The Bertz CT molecular complexity index is 1060. The quantitative estimate of drug-likeness (QED) is 0.432. The zero-order chi connectivity index (χ0) is 23.1. The highest BCUT2D eigenvalue weighted by atomic mass is 16.5. The Hall–Kier alpha value is -3.72. The largest absolute Gasteiger partial charge is 0.495 e. The molecule has 0 spiro atoms. The summed E-state index contributed by atoms with van der Waals surface area (Å²) in [5.41, 5.74) is 2.36. The number of rotatable bonds is 9. The molecule has 32 heavy (non-hydrogen) atoms. The van der Waals surface area contributed by atoms with Crippen molar-refractivity contribution in [2.24, 2.45) is 5.92 Å². The topological polar surface area (TPSA) is 118 Å². The molecule has 0 amide bonds. The summed E-state index contributed by atoms with van der Waals surface area (Å²) in [6, 6.07) is 10.2. The van der Waals surface area contributed by atoms with E-state index in [9.17, 15) is 9.90 Å². The number of aromatic nitrogens is 3. The number of hydrogen-bond acceptors (Lipinski definition) is 9. The molecule has 0 saturated carbocycles. The van der Waals surface area contributed by atoms with Crippen molar-refractivity contribution in [1.82, 2.24) is 15.0 Å². The smallest absolute Gasteiger partial charge is 0.337 e. The molecule has 168 valence electrons. The molecule has 0 radical (unpaired) electrons. The summed E-state index contributed by atoms with van der Waals surface area (Å²) in [6.45, 7) is 3.94. The maximum absolute atomic E-state index is 12.0. The van der Waals surface area contributed by atoms with Crippen molar-refractivity contribution in [2.75, 3.05) is 31.5 Å². The summed E-state index contributed by atoms with van der Waals surface area (Å²) in [7, 11) is 2.87. The van der Waals surface area contributed by atoms with E-state index in [1.54, 1.807) is 43.8 Å². The number of methoxy groups -OCH3 is 2. The van der Waals surface area contributed by atoms with Gasteiger partial charge < -0.3 is 25.2 Å². The second-order valence-electron chi connectivity index (χ2n) is 7.41. The molecule has 9 heteroatoms. The first-order valence-corrected chi connectivity index (χ1v) is 10.2. The molecule has 3 aromatic rings. The molecule has 0 aliphatic heterocycles. The van der Waals surface area contributed by atoms with E-state index in [1.807, 2.05) is 26.0 Å². The SMILES string of the molecule is COC(=O)c1ccc(OC)c(Nc2cc(-c3cccnc3)nc(N[C@H](CO)C(C)C)n2)c1. The normalized spacial score (nSPS) is 11.7. The summed E-state index contributed by atoms with van der Waals surface area (Å²) in [6.07, 6.45) is 3.40. The van der Waals surface area contributed by atoms with E-state index in [0.29, 0.717) is 34.5 Å². The molecule has 9 nitrogen and oxygen atoms in total. The Labute approximate surface area is 186 Å². The average Bonchev–Trinajstić information content (AvgIpc) is 2.82. The zero-order valence-electron chi connectivity index (χ0n) is 18.5. The lowest BCUT2D eigenvalue weighted by Gasteiger charge is -2.21. The van der Waals surface area contributed by atoms with E-state index in [0.717, 1.165) is 5.56 Å². The lowest BCUT2D eigenvalue weighted by molar-refractivity contribution is 0.0600.